The number of nitriles is 1. The summed E-state index contributed by atoms with van der Waals surface area (Å²) < 4.78 is 5.22. The quantitative estimate of drug-likeness (QED) is 0.241. The molecule has 0 saturated carbocycles. The van der Waals surface area contributed by atoms with Crippen LogP contribution in [0.1, 0.15) is 42.6 Å². The number of methoxy groups -OCH3 is 1. The third-order valence-electron chi connectivity index (χ3n) is 7.21. The molecule has 1 atom stereocenters. The summed E-state index contributed by atoms with van der Waals surface area (Å²) in [5.41, 5.74) is 9.74. The first-order valence-electron chi connectivity index (χ1n) is 13.7. The van der Waals surface area contributed by atoms with E-state index in [0.29, 0.717) is 44.8 Å². The molecule has 0 bridgehead atoms. The first kappa shape index (κ1) is 30.7. The summed E-state index contributed by atoms with van der Waals surface area (Å²) in [5.74, 6) is -1.06. The van der Waals surface area contributed by atoms with Gasteiger partial charge < -0.3 is 15.8 Å². The standard InChI is InChI=1S/C32H30N6O4S2/c1-32(2)15-24-27(25(39)16-32)22(14-9-19-7-5-4-6-8-19)23(17-33)28(34)38(24)30-36-37-31(44-30)43-18-26(40)35-21-12-10-20(11-13-21)29(41)42-3/h4-14,22H,15-16,18,34H2,1-3H3,(H,35,40)/b14-9+. The average Bonchev–Trinajstić information content (AvgIpc) is 3.47. The van der Waals surface area contributed by atoms with Crippen molar-refractivity contribution < 1.29 is 19.1 Å². The number of thioether (sulfide) groups is 1. The number of amides is 1. The molecule has 224 valence electrons. The number of aromatic nitrogens is 2. The van der Waals surface area contributed by atoms with E-state index in [2.05, 4.69) is 21.6 Å². The van der Waals surface area contributed by atoms with Gasteiger partial charge in [-0.05, 0) is 41.7 Å². The highest BCUT2D eigenvalue weighted by Crippen LogP contribution is 2.48. The van der Waals surface area contributed by atoms with Gasteiger partial charge in [-0.25, -0.2) is 4.79 Å². The van der Waals surface area contributed by atoms with Crippen LogP contribution in [0.3, 0.4) is 0 Å². The summed E-state index contributed by atoms with van der Waals surface area (Å²) in [4.78, 5) is 39.5. The minimum Gasteiger partial charge on any atom is -0.465 e. The van der Waals surface area contributed by atoms with Gasteiger partial charge in [0.25, 0.3) is 0 Å². The molecule has 0 saturated heterocycles. The lowest BCUT2D eigenvalue weighted by Crippen LogP contribution is -2.42. The fourth-order valence-electron chi connectivity index (χ4n) is 5.22. The van der Waals surface area contributed by atoms with Gasteiger partial charge in [-0.15, -0.1) is 10.2 Å². The van der Waals surface area contributed by atoms with Crippen LogP contribution in [0.25, 0.3) is 6.08 Å². The predicted octanol–water partition coefficient (Wildman–Crippen LogP) is 5.54. The Morgan fingerprint density at radius 2 is 1.91 bits per heavy atom. The van der Waals surface area contributed by atoms with Crippen LogP contribution >= 0.6 is 23.1 Å². The Hall–Kier alpha value is -4.73. The van der Waals surface area contributed by atoms with Crippen LogP contribution < -0.4 is 16.0 Å². The van der Waals surface area contributed by atoms with E-state index >= 15 is 0 Å². The predicted molar refractivity (Wildman–Crippen MR) is 170 cm³/mol. The van der Waals surface area contributed by atoms with Gasteiger partial charge in [0.05, 0.1) is 30.1 Å². The Bertz CT molecular complexity index is 1740. The number of ketones is 1. The Morgan fingerprint density at radius 1 is 1.18 bits per heavy atom. The molecule has 2 heterocycles. The summed E-state index contributed by atoms with van der Waals surface area (Å²) >= 11 is 2.43. The van der Waals surface area contributed by atoms with Gasteiger partial charge in [-0.2, -0.15) is 5.26 Å². The van der Waals surface area contributed by atoms with E-state index in [-0.39, 0.29) is 34.3 Å². The zero-order chi connectivity index (χ0) is 31.4. The molecule has 2 aliphatic rings. The van der Waals surface area contributed by atoms with E-state index in [4.69, 9.17) is 10.5 Å². The Kier molecular flexibility index (Phi) is 8.98. The third-order valence-corrected chi connectivity index (χ3v) is 9.25. The number of esters is 1. The molecular weight excluding hydrogens is 597 g/mol. The van der Waals surface area contributed by atoms with Gasteiger partial charge >= 0.3 is 5.97 Å². The van der Waals surface area contributed by atoms with Crippen molar-refractivity contribution in [1.82, 2.24) is 10.2 Å². The minimum atomic E-state index is -0.581. The van der Waals surface area contributed by atoms with Crippen molar-refractivity contribution >= 4 is 57.7 Å². The maximum atomic E-state index is 13.6. The molecule has 1 aliphatic heterocycles. The van der Waals surface area contributed by atoms with Gasteiger partial charge in [0.15, 0.2) is 10.1 Å². The fourth-order valence-corrected chi connectivity index (χ4v) is 6.90. The van der Waals surface area contributed by atoms with E-state index in [1.165, 1.54) is 30.2 Å². The van der Waals surface area contributed by atoms with E-state index in [9.17, 15) is 19.6 Å². The lowest BCUT2D eigenvalue weighted by Gasteiger charge is -2.41. The summed E-state index contributed by atoms with van der Waals surface area (Å²) in [6, 6.07) is 18.3. The van der Waals surface area contributed by atoms with Crippen molar-refractivity contribution in [1.29, 1.82) is 5.26 Å². The van der Waals surface area contributed by atoms with Gasteiger partial charge in [0.2, 0.25) is 11.0 Å². The average molecular weight is 627 g/mol. The van der Waals surface area contributed by atoms with Gasteiger partial charge in [0.1, 0.15) is 5.82 Å². The Morgan fingerprint density at radius 3 is 2.59 bits per heavy atom. The van der Waals surface area contributed by atoms with Crippen LogP contribution in [0.5, 0.6) is 0 Å². The Labute approximate surface area is 263 Å². The summed E-state index contributed by atoms with van der Waals surface area (Å²) in [5, 5.41) is 22.0. The molecule has 3 N–H and O–H groups in total. The molecule has 0 fully saturated rings. The van der Waals surface area contributed by atoms with Gasteiger partial charge in [-0.3, -0.25) is 14.5 Å². The van der Waals surface area contributed by atoms with Crippen molar-refractivity contribution in [3.8, 4) is 6.07 Å². The maximum absolute atomic E-state index is 13.6. The lowest BCUT2D eigenvalue weighted by molar-refractivity contribution is -0.118. The number of nitrogens with zero attached hydrogens (tertiary/aromatic N) is 4. The number of nitrogens with one attached hydrogen (secondary N) is 1. The lowest BCUT2D eigenvalue weighted by atomic mass is 9.70. The number of nitrogens with two attached hydrogens (primary N) is 1. The first-order chi connectivity index (χ1) is 21.1. The molecular formula is C32H30N6O4S2. The SMILES string of the molecule is COC(=O)c1ccc(NC(=O)CSc2nnc(N3C(N)=C(C#N)C(/C=C/c4ccccc4)C4=C3CC(C)(C)CC4=O)s2)cc1. The summed E-state index contributed by atoms with van der Waals surface area (Å²) in [6.45, 7) is 4.06. The van der Waals surface area contributed by atoms with E-state index in [1.807, 2.05) is 56.3 Å². The highest BCUT2D eigenvalue weighted by molar-refractivity contribution is 8.01. The largest absolute Gasteiger partial charge is 0.465 e. The monoisotopic (exact) mass is 626 g/mol. The molecule has 3 aromatic rings. The molecule has 2 aromatic carbocycles. The van der Waals surface area contributed by atoms with Crippen molar-refractivity contribution in [3.05, 3.63) is 94.5 Å². The van der Waals surface area contributed by atoms with E-state index in [1.54, 1.807) is 29.2 Å². The Balaban J connectivity index is 1.38. The zero-order valence-electron chi connectivity index (χ0n) is 24.4. The number of rotatable bonds is 8. The number of hydrogen-bond acceptors (Lipinski definition) is 11. The van der Waals surface area contributed by atoms with Crippen LogP contribution in [0, 0.1) is 22.7 Å². The van der Waals surface area contributed by atoms with Crippen LogP contribution in [-0.4, -0.2) is 40.7 Å². The van der Waals surface area contributed by atoms with Crippen molar-refractivity contribution in [2.45, 2.75) is 31.0 Å². The molecule has 44 heavy (non-hydrogen) atoms. The first-order valence-corrected chi connectivity index (χ1v) is 15.5. The second-order valence-electron chi connectivity index (χ2n) is 11.1. The van der Waals surface area contributed by atoms with Gasteiger partial charge in [-0.1, -0.05) is 79.4 Å². The van der Waals surface area contributed by atoms with Crippen molar-refractivity contribution in [2.24, 2.45) is 17.1 Å². The van der Waals surface area contributed by atoms with Crippen LogP contribution in [0.4, 0.5) is 10.8 Å². The number of carbonyl (C=O) groups is 3. The minimum absolute atomic E-state index is 0.0281. The van der Waals surface area contributed by atoms with Crippen LogP contribution in [0.15, 0.2) is 87.7 Å². The number of carbonyl (C=O) groups excluding carboxylic acids is 3. The number of ether oxygens (including phenoxy) is 1. The third kappa shape index (κ3) is 6.59. The molecule has 1 amide bonds. The maximum Gasteiger partial charge on any atom is 0.337 e. The molecule has 0 spiro atoms. The van der Waals surface area contributed by atoms with Crippen LogP contribution in [0.2, 0.25) is 0 Å². The normalized spacial score (nSPS) is 17.8. The number of allylic oxidation sites excluding steroid dienone is 4. The molecule has 5 rings (SSSR count). The summed E-state index contributed by atoms with van der Waals surface area (Å²) in [6.07, 6.45) is 4.68. The molecule has 1 unspecified atom stereocenters. The molecule has 12 heteroatoms. The number of benzene rings is 2. The smallest absolute Gasteiger partial charge is 0.337 e. The topological polar surface area (TPSA) is 151 Å². The molecule has 1 aromatic heterocycles. The second-order valence-corrected chi connectivity index (χ2v) is 13.2. The van der Waals surface area contributed by atoms with E-state index in [0.717, 1.165) is 5.56 Å². The van der Waals surface area contributed by atoms with Crippen molar-refractivity contribution in [3.63, 3.8) is 0 Å². The van der Waals surface area contributed by atoms with Gasteiger partial charge in [0, 0.05) is 29.3 Å². The number of anilines is 2. The molecule has 1 aliphatic carbocycles. The van der Waals surface area contributed by atoms with Crippen molar-refractivity contribution in [2.75, 3.05) is 23.1 Å². The molecule has 10 nitrogen and oxygen atoms in total. The highest BCUT2D eigenvalue weighted by atomic mass is 32.2. The summed E-state index contributed by atoms with van der Waals surface area (Å²) in [7, 11) is 1.30. The molecule has 0 radical (unpaired) electrons. The fraction of sp³-hybridized carbons (Fsp3) is 0.250. The van der Waals surface area contributed by atoms with E-state index < -0.39 is 11.9 Å². The second kappa shape index (κ2) is 12.9. The zero-order valence-corrected chi connectivity index (χ0v) is 26.0. The number of Topliss-reactive ketones (excluding diaryl/α,β-unsaturated/α-hetero) is 1. The number of hydrogen-bond donors (Lipinski definition) is 2. The van der Waals surface area contributed by atoms with Crippen LogP contribution in [-0.2, 0) is 14.3 Å². The highest BCUT2D eigenvalue weighted by Gasteiger charge is 2.44.